The Balaban J connectivity index is 1.13. The molecule has 0 amide bonds. The number of hydrogen-bond acceptors (Lipinski definition) is 2. The van der Waals surface area contributed by atoms with Crippen LogP contribution >= 0.6 is 0 Å². The molecule has 0 N–H and O–H groups in total. The van der Waals surface area contributed by atoms with Gasteiger partial charge in [0.25, 0.3) is 0 Å². The largest absolute Gasteiger partial charge is 0.494 e. The van der Waals surface area contributed by atoms with Gasteiger partial charge in [0.05, 0.1) is 13.2 Å². The van der Waals surface area contributed by atoms with Gasteiger partial charge in [-0.05, 0) is 73.6 Å². The van der Waals surface area contributed by atoms with Crippen molar-refractivity contribution in [1.82, 2.24) is 0 Å². The molecule has 0 aromatic heterocycles. The monoisotopic (exact) mass is 583 g/mol. The van der Waals surface area contributed by atoms with Crippen molar-refractivity contribution in [3.05, 3.63) is 24.3 Å². The van der Waals surface area contributed by atoms with Crippen LogP contribution in [-0.2, 0) is 0 Å². The standard InChI is InChI=1S/C40H70O2/c1-3-5-7-9-11-13-17-35-21-25-37(26-22-35)19-15-33-41-39-29-31-40(32-30-39)42-34-16-20-38-27-23-36(24-28-38)18-14-12-10-8-6-4-2/h29-32,35-38H,3-28,33-34H2,1-2H3/t35-,36-,37-,38-. The van der Waals surface area contributed by atoms with Gasteiger partial charge in [-0.3, -0.25) is 0 Å². The van der Waals surface area contributed by atoms with Gasteiger partial charge < -0.3 is 9.47 Å². The van der Waals surface area contributed by atoms with Crippen LogP contribution < -0.4 is 9.47 Å². The van der Waals surface area contributed by atoms with Crippen LogP contribution in [0.4, 0.5) is 0 Å². The Morgan fingerprint density at radius 3 is 1.02 bits per heavy atom. The van der Waals surface area contributed by atoms with E-state index in [1.54, 1.807) is 0 Å². The highest BCUT2D eigenvalue weighted by Gasteiger charge is 2.21. The summed E-state index contributed by atoms with van der Waals surface area (Å²) in [5.74, 6) is 5.88. The predicted molar refractivity (Wildman–Crippen MR) is 183 cm³/mol. The molecule has 0 atom stereocenters. The number of unbranched alkanes of at least 4 members (excludes halogenated alkanes) is 10. The second-order valence-electron chi connectivity index (χ2n) is 14.3. The first-order chi connectivity index (χ1) is 20.8. The van der Waals surface area contributed by atoms with E-state index < -0.39 is 0 Å². The second-order valence-corrected chi connectivity index (χ2v) is 14.3. The van der Waals surface area contributed by atoms with Crippen LogP contribution in [0.5, 0.6) is 11.5 Å². The summed E-state index contributed by atoms with van der Waals surface area (Å²) in [6.07, 6.45) is 37.0. The maximum Gasteiger partial charge on any atom is 0.119 e. The molecule has 2 fully saturated rings. The molecule has 0 heterocycles. The smallest absolute Gasteiger partial charge is 0.119 e. The van der Waals surface area contributed by atoms with Crippen LogP contribution in [0.25, 0.3) is 0 Å². The molecule has 0 unspecified atom stereocenters. The Kier molecular flexibility index (Phi) is 19.5. The number of benzene rings is 1. The van der Waals surface area contributed by atoms with Gasteiger partial charge in [0.2, 0.25) is 0 Å². The van der Waals surface area contributed by atoms with Crippen molar-refractivity contribution in [1.29, 1.82) is 0 Å². The first-order valence-electron chi connectivity index (χ1n) is 19.1. The molecule has 0 aliphatic heterocycles. The van der Waals surface area contributed by atoms with Crippen molar-refractivity contribution < 1.29 is 9.47 Å². The first kappa shape index (κ1) is 35.3. The zero-order valence-corrected chi connectivity index (χ0v) is 28.2. The maximum absolute atomic E-state index is 6.07. The number of rotatable bonds is 24. The van der Waals surface area contributed by atoms with Gasteiger partial charge in [-0.2, -0.15) is 0 Å². The maximum atomic E-state index is 6.07. The lowest BCUT2D eigenvalue weighted by molar-refractivity contribution is 0.226. The van der Waals surface area contributed by atoms with Crippen LogP contribution in [0.3, 0.4) is 0 Å². The Labute approximate surface area is 262 Å². The van der Waals surface area contributed by atoms with Crippen molar-refractivity contribution in [2.24, 2.45) is 23.7 Å². The molecule has 2 aliphatic carbocycles. The summed E-state index contributed by atoms with van der Waals surface area (Å²) in [6.45, 7) is 6.31. The lowest BCUT2D eigenvalue weighted by Crippen LogP contribution is -2.15. The van der Waals surface area contributed by atoms with E-state index >= 15 is 0 Å². The van der Waals surface area contributed by atoms with E-state index in [0.29, 0.717) is 0 Å². The molecule has 1 aromatic carbocycles. The van der Waals surface area contributed by atoms with Crippen molar-refractivity contribution in [2.45, 2.75) is 181 Å². The predicted octanol–water partition coefficient (Wildman–Crippen LogP) is 13.1. The summed E-state index contributed by atoms with van der Waals surface area (Å²) in [4.78, 5) is 0. The number of ether oxygens (including phenoxy) is 2. The molecule has 2 saturated carbocycles. The third-order valence-electron chi connectivity index (χ3n) is 10.7. The molecule has 2 heteroatoms. The van der Waals surface area contributed by atoms with Gasteiger partial charge >= 0.3 is 0 Å². The highest BCUT2D eigenvalue weighted by Crippen LogP contribution is 2.35. The fourth-order valence-electron chi connectivity index (χ4n) is 7.80. The summed E-state index contributed by atoms with van der Waals surface area (Å²) in [5, 5.41) is 0. The Bertz CT molecular complexity index is 664. The lowest BCUT2D eigenvalue weighted by atomic mass is 9.78. The first-order valence-corrected chi connectivity index (χ1v) is 19.1. The third kappa shape index (κ3) is 16.0. The van der Waals surface area contributed by atoms with E-state index in [9.17, 15) is 0 Å². The van der Waals surface area contributed by atoms with E-state index in [0.717, 1.165) is 48.4 Å². The summed E-state index contributed by atoms with van der Waals surface area (Å²) >= 11 is 0. The Morgan fingerprint density at radius 1 is 0.405 bits per heavy atom. The fraction of sp³-hybridized carbons (Fsp3) is 0.850. The minimum atomic E-state index is 0.846. The topological polar surface area (TPSA) is 18.5 Å². The SMILES string of the molecule is CCCCCCCC[C@H]1CC[C@H](CCCOc2ccc(OCCC[C@H]3CC[C@H](CCCCCCCC)CC3)cc2)CC1. The summed E-state index contributed by atoms with van der Waals surface area (Å²) in [6, 6.07) is 8.36. The van der Waals surface area contributed by atoms with Crippen molar-refractivity contribution in [3.8, 4) is 11.5 Å². The fourth-order valence-corrected chi connectivity index (χ4v) is 7.80. The molecule has 0 saturated heterocycles. The molecule has 0 bridgehead atoms. The Morgan fingerprint density at radius 2 is 0.690 bits per heavy atom. The molecular weight excluding hydrogens is 512 g/mol. The average molecular weight is 583 g/mol. The summed E-state index contributed by atoms with van der Waals surface area (Å²) < 4.78 is 12.1. The van der Waals surface area contributed by atoms with Gasteiger partial charge in [-0.15, -0.1) is 0 Å². The lowest BCUT2D eigenvalue weighted by Gasteiger charge is -2.28. The van der Waals surface area contributed by atoms with Crippen LogP contribution in [0.15, 0.2) is 24.3 Å². The van der Waals surface area contributed by atoms with Gasteiger partial charge in [0, 0.05) is 0 Å². The van der Waals surface area contributed by atoms with Crippen molar-refractivity contribution in [3.63, 3.8) is 0 Å². The molecule has 2 aliphatic rings. The van der Waals surface area contributed by atoms with E-state index in [1.165, 1.54) is 167 Å². The van der Waals surface area contributed by atoms with Gasteiger partial charge in [-0.25, -0.2) is 0 Å². The molecule has 0 radical (unpaired) electrons. The van der Waals surface area contributed by atoms with Crippen LogP contribution in [-0.4, -0.2) is 13.2 Å². The van der Waals surface area contributed by atoms with Crippen molar-refractivity contribution in [2.75, 3.05) is 13.2 Å². The quantitative estimate of drug-likeness (QED) is 0.113. The Hall–Kier alpha value is -1.18. The van der Waals surface area contributed by atoms with Crippen LogP contribution in [0, 0.1) is 23.7 Å². The summed E-state index contributed by atoms with van der Waals surface area (Å²) in [5.41, 5.74) is 0. The summed E-state index contributed by atoms with van der Waals surface area (Å²) in [7, 11) is 0. The van der Waals surface area contributed by atoms with Crippen LogP contribution in [0.1, 0.15) is 181 Å². The van der Waals surface area contributed by atoms with Crippen LogP contribution in [0.2, 0.25) is 0 Å². The molecular formula is C40H70O2. The average Bonchev–Trinajstić information content (AvgIpc) is 3.03. The molecule has 42 heavy (non-hydrogen) atoms. The highest BCUT2D eigenvalue weighted by molar-refractivity contribution is 5.31. The molecule has 242 valence electrons. The molecule has 1 aromatic rings. The van der Waals surface area contributed by atoms with E-state index in [2.05, 4.69) is 38.1 Å². The molecule has 2 nitrogen and oxygen atoms in total. The zero-order chi connectivity index (χ0) is 29.5. The normalized spacial score (nSPS) is 22.7. The van der Waals surface area contributed by atoms with E-state index in [4.69, 9.17) is 9.47 Å². The second kappa shape index (κ2) is 23.2. The minimum Gasteiger partial charge on any atom is -0.494 e. The molecule has 3 rings (SSSR count). The van der Waals surface area contributed by atoms with E-state index in [-0.39, 0.29) is 0 Å². The van der Waals surface area contributed by atoms with E-state index in [1.807, 2.05) is 0 Å². The van der Waals surface area contributed by atoms with Gasteiger partial charge in [-0.1, -0.05) is 155 Å². The highest BCUT2D eigenvalue weighted by atomic mass is 16.5. The van der Waals surface area contributed by atoms with Crippen molar-refractivity contribution >= 4 is 0 Å². The number of hydrogen-bond donors (Lipinski definition) is 0. The van der Waals surface area contributed by atoms with Gasteiger partial charge in [0.1, 0.15) is 11.5 Å². The van der Waals surface area contributed by atoms with Gasteiger partial charge in [0.15, 0.2) is 0 Å². The molecule has 0 spiro atoms. The third-order valence-corrected chi connectivity index (χ3v) is 10.7. The zero-order valence-electron chi connectivity index (χ0n) is 28.2. The minimum absolute atomic E-state index is 0.846.